The Morgan fingerprint density at radius 2 is 2.11 bits per heavy atom. The monoisotopic (exact) mass is 434 g/mol. The van der Waals surface area contributed by atoms with Crippen molar-refractivity contribution in [1.29, 1.82) is 0 Å². The lowest BCUT2D eigenvalue weighted by molar-refractivity contribution is -0.384. The van der Waals surface area contributed by atoms with Gasteiger partial charge in [0.2, 0.25) is 5.82 Å². The highest BCUT2D eigenvalue weighted by molar-refractivity contribution is 9.10. The van der Waals surface area contributed by atoms with E-state index in [0.29, 0.717) is 19.8 Å². The maximum Gasteiger partial charge on any atom is 0.323 e. The number of carbonyl (C=O) groups excluding carboxylic acids is 1. The van der Waals surface area contributed by atoms with E-state index in [4.69, 9.17) is 10.5 Å². The molecule has 9 heteroatoms. The van der Waals surface area contributed by atoms with Crippen molar-refractivity contribution in [3.05, 3.63) is 62.2 Å². The van der Waals surface area contributed by atoms with E-state index in [-0.39, 0.29) is 16.8 Å². The second kappa shape index (κ2) is 8.01. The second-order valence-corrected chi connectivity index (χ2v) is 7.35. The number of nitrogens with two attached hydrogens (primary N) is 1. The van der Waals surface area contributed by atoms with Gasteiger partial charge in [0.05, 0.1) is 4.92 Å². The van der Waals surface area contributed by atoms with Crippen LogP contribution in [0.15, 0.2) is 41.0 Å². The highest BCUT2D eigenvalue weighted by Crippen LogP contribution is 2.35. The van der Waals surface area contributed by atoms with E-state index in [9.17, 15) is 14.9 Å². The summed E-state index contributed by atoms with van der Waals surface area (Å²) in [6.45, 7) is 1.51. The van der Waals surface area contributed by atoms with E-state index >= 15 is 0 Å². The summed E-state index contributed by atoms with van der Waals surface area (Å²) in [5, 5.41) is 14.1. The molecule has 2 heterocycles. The van der Waals surface area contributed by atoms with Crippen LogP contribution in [0.1, 0.15) is 28.8 Å². The molecule has 3 N–H and O–H groups in total. The zero-order chi connectivity index (χ0) is 19.4. The van der Waals surface area contributed by atoms with Crippen molar-refractivity contribution in [3.8, 4) is 0 Å². The van der Waals surface area contributed by atoms with E-state index in [2.05, 4.69) is 26.2 Å². The molecular formula is C18H19BrN4O4. The van der Waals surface area contributed by atoms with Gasteiger partial charge in [-0.1, -0.05) is 28.1 Å². The van der Waals surface area contributed by atoms with Gasteiger partial charge in [-0.3, -0.25) is 14.9 Å². The van der Waals surface area contributed by atoms with Crippen molar-refractivity contribution in [2.24, 2.45) is 0 Å². The van der Waals surface area contributed by atoms with Gasteiger partial charge in [-0.15, -0.1) is 0 Å². The molecular weight excluding hydrogens is 416 g/mol. The third-order valence-corrected chi connectivity index (χ3v) is 5.35. The number of nitrogen functional groups attached to an aromatic ring is 1. The van der Waals surface area contributed by atoms with Crippen molar-refractivity contribution in [2.75, 3.05) is 25.5 Å². The Balaban J connectivity index is 1.86. The smallest absolute Gasteiger partial charge is 0.323 e. The maximum atomic E-state index is 12.7. The summed E-state index contributed by atoms with van der Waals surface area (Å²) < 4.78 is 6.45. The summed E-state index contributed by atoms with van der Waals surface area (Å²) in [7, 11) is 0. The summed E-state index contributed by atoms with van der Waals surface area (Å²) in [5.41, 5.74) is 5.80. The minimum atomic E-state index is -0.685. The number of nitrogens with zero attached hydrogens (tertiary/aromatic N) is 2. The number of hydrogen-bond donors (Lipinski definition) is 2. The number of amides is 1. The van der Waals surface area contributed by atoms with Crippen LogP contribution >= 0.6 is 15.9 Å². The fourth-order valence-corrected chi connectivity index (χ4v) is 3.74. The van der Waals surface area contributed by atoms with Crippen LogP contribution in [0.4, 0.5) is 11.5 Å². The summed E-state index contributed by atoms with van der Waals surface area (Å²) >= 11 is 3.49. The Kier molecular flexibility index (Phi) is 5.71. The van der Waals surface area contributed by atoms with Gasteiger partial charge in [0, 0.05) is 35.8 Å². The van der Waals surface area contributed by atoms with Gasteiger partial charge in [-0.05, 0) is 36.6 Å². The quantitative estimate of drug-likeness (QED) is 0.551. The molecule has 0 aliphatic carbocycles. The van der Waals surface area contributed by atoms with Crippen molar-refractivity contribution < 1.29 is 14.5 Å². The molecule has 1 amide bonds. The van der Waals surface area contributed by atoms with Crippen LogP contribution in [-0.2, 0) is 10.2 Å². The first-order valence-electron chi connectivity index (χ1n) is 8.44. The fraction of sp³-hybridized carbons (Fsp3) is 0.333. The number of pyridine rings is 1. The second-order valence-electron chi connectivity index (χ2n) is 6.44. The standard InChI is InChI=1S/C18H19BrN4O4/c19-13-3-1-2-12(10-13)18(5-8-27-9-6-18)11-22-17(24)14-4-7-21-16(20)15(14)23(25)26/h1-4,7,10H,5-6,8-9,11H2,(H2,20,21)(H,22,24). The number of nitrogens with one attached hydrogen (secondary N) is 1. The van der Waals surface area contributed by atoms with E-state index < -0.39 is 16.5 Å². The van der Waals surface area contributed by atoms with Crippen LogP contribution in [0, 0.1) is 10.1 Å². The first-order chi connectivity index (χ1) is 12.9. The van der Waals surface area contributed by atoms with E-state index in [1.165, 1.54) is 12.3 Å². The third kappa shape index (κ3) is 4.09. The Labute approximate surface area is 164 Å². The lowest BCUT2D eigenvalue weighted by Gasteiger charge is -2.38. The Morgan fingerprint density at radius 1 is 1.37 bits per heavy atom. The molecule has 1 saturated heterocycles. The molecule has 0 spiro atoms. The zero-order valence-corrected chi connectivity index (χ0v) is 16.1. The van der Waals surface area contributed by atoms with Gasteiger partial charge in [0.15, 0.2) is 0 Å². The molecule has 0 unspecified atom stereocenters. The maximum absolute atomic E-state index is 12.7. The minimum Gasteiger partial charge on any atom is -0.381 e. The van der Waals surface area contributed by atoms with Crippen molar-refractivity contribution in [3.63, 3.8) is 0 Å². The van der Waals surface area contributed by atoms with Gasteiger partial charge in [-0.25, -0.2) is 4.98 Å². The number of benzene rings is 1. The predicted molar refractivity (Wildman–Crippen MR) is 104 cm³/mol. The molecule has 1 aliphatic heterocycles. The SMILES string of the molecule is Nc1nccc(C(=O)NCC2(c3cccc(Br)c3)CCOCC2)c1[N+](=O)[O-]. The highest BCUT2D eigenvalue weighted by Gasteiger charge is 2.36. The van der Waals surface area contributed by atoms with Gasteiger partial charge in [0.25, 0.3) is 5.91 Å². The average molecular weight is 435 g/mol. The lowest BCUT2D eigenvalue weighted by atomic mass is 9.74. The van der Waals surface area contributed by atoms with Gasteiger partial charge in [-0.2, -0.15) is 0 Å². The van der Waals surface area contributed by atoms with E-state index in [1.54, 1.807) is 0 Å². The number of rotatable bonds is 5. The molecule has 0 atom stereocenters. The van der Waals surface area contributed by atoms with Crippen LogP contribution in [-0.4, -0.2) is 35.6 Å². The summed E-state index contributed by atoms with van der Waals surface area (Å²) in [6, 6.07) is 9.25. The molecule has 1 aromatic carbocycles. The van der Waals surface area contributed by atoms with Crippen molar-refractivity contribution in [1.82, 2.24) is 10.3 Å². The Morgan fingerprint density at radius 3 is 2.78 bits per heavy atom. The normalized spacial score (nSPS) is 15.9. The first kappa shape index (κ1) is 19.2. The molecule has 3 rings (SSSR count). The molecule has 0 saturated carbocycles. The van der Waals surface area contributed by atoms with Crippen LogP contribution in [0.2, 0.25) is 0 Å². The molecule has 2 aromatic rings. The van der Waals surface area contributed by atoms with E-state index in [1.807, 2.05) is 24.3 Å². The van der Waals surface area contributed by atoms with Gasteiger partial charge in [0.1, 0.15) is 5.56 Å². The van der Waals surface area contributed by atoms with Crippen LogP contribution in [0.3, 0.4) is 0 Å². The fourth-order valence-electron chi connectivity index (χ4n) is 3.34. The summed E-state index contributed by atoms with van der Waals surface area (Å²) in [4.78, 5) is 26.9. The average Bonchev–Trinajstić information content (AvgIpc) is 2.66. The molecule has 1 aromatic heterocycles. The number of ether oxygens (including phenoxy) is 1. The van der Waals surface area contributed by atoms with Gasteiger partial charge < -0.3 is 15.8 Å². The predicted octanol–water partition coefficient (Wildman–Crippen LogP) is 2.81. The number of nitro groups is 1. The first-order valence-corrected chi connectivity index (χ1v) is 9.23. The van der Waals surface area contributed by atoms with Crippen LogP contribution in [0.25, 0.3) is 0 Å². The van der Waals surface area contributed by atoms with Crippen LogP contribution in [0.5, 0.6) is 0 Å². The number of halogens is 1. The Hall–Kier alpha value is -2.52. The van der Waals surface area contributed by atoms with Crippen LogP contribution < -0.4 is 11.1 Å². The third-order valence-electron chi connectivity index (χ3n) is 4.85. The van der Waals surface area contributed by atoms with Crippen molar-refractivity contribution >= 4 is 33.3 Å². The Bertz CT molecular complexity index is 868. The molecule has 27 heavy (non-hydrogen) atoms. The largest absolute Gasteiger partial charge is 0.381 e. The molecule has 8 nitrogen and oxygen atoms in total. The molecule has 0 bridgehead atoms. The molecule has 0 radical (unpaired) electrons. The summed E-state index contributed by atoms with van der Waals surface area (Å²) in [5.74, 6) is -0.822. The number of aromatic nitrogens is 1. The molecule has 142 valence electrons. The molecule has 1 fully saturated rings. The number of anilines is 1. The van der Waals surface area contributed by atoms with E-state index in [0.717, 1.165) is 22.9 Å². The number of carbonyl (C=O) groups is 1. The molecule has 1 aliphatic rings. The van der Waals surface area contributed by atoms with Crippen molar-refractivity contribution in [2.45, 2.75) is 18.3 Å². The zero-order valence-electron chi connectivity index (χ0n) is 14.5. The lowest BCUT2D eigenvalue weighted by Crippen LogP contribution is -2.44. The van der Waals surface area contributed by atoms with Gasteiger partial charge >= 0.3 is 5.69 Å². The highest BCUT2D eigenvalue weighted by atomic mass is 79.9. The minimum absolute atomic E-state index is 0.0936. The topological polar surface area (TPSA) is 120 Å². The summed E-state index contributed by atoms with van der Waals surface area (Å²) in [6.07, 6.45) is 2.77. The number of hydrogen-bond acceptors (Lipinski definition) is 6.